The van der Waals surface area contributed by atoms with Gasteiger partial charge in [0.05, 0.1) is 60.3 Å². The minimum Gasteiger partial charge on any atom is -0.496 e. The third-order valence-corrected chi connectivity index (χ3v) is 6.24. The van der Waals surface area contributed by atoms with Crippen LogP contribution in [0.4, 0.5) is 5.69 Å². The zero-order valence-corrected chi connectivity index (χ0v) is 20.7. The number of hydrogen-bond acceptors (Lipinski definition) is 7. The molecule has 1 fully saturated rings. The number of hydrogen-bond donors (Lipinski definition) is 0. The first-order valence-corrected chi connectivity index (χ1v) is 11.0. The predicted octanol–water partition coefficient (Wildman–Crippen LogP) is 4.61. The number of carbonyl (C=O) groups excluding carboxylic acids is 1. The fourth-order valence-corrected chi connectivity index (χ4v) is 4.57. The van der Waals surface area contributed by atoms with Gasteiger partial charge < -0.3 is 33.3 Å². The zero-order chi connectivity index (χ0) is 25.1. The summed E-state index contributed by atoms with van der Waals surface area (Å²) in [6.45, 7) is 0. The van der Waals surface area contributed by atoms with Crippen molar-refractivity contribution in [2.45, 2.75) is 12.0 Å². The summed E-state index contributed by atoms with van der Waals surface area (Å²) in [5.41, 5.74) is 2.30. The van der Waals surface area contributed by atoms with Crippen molar-refractivity contribution in [3.05, 3.63) is 65.7 Å². The van der Waals surface area contributed by atoms with E-state index in [9.17, 15) is 4.79 Å². The number of anilines is 1. The van der Waals surface area contributed by atoms with Crippen molar-refractivity contribution in [3.63, 3.8) is 0 Å². The van der Waals surface area contributed by atoms with Crippen LogP contribution >= 0.6 is 0 Å². The van der Waals surface area contributed by atoms with Crippen LogP contribution in [-0.2, 0) is 4.79 Å². The molecule has 0 unspecified atom stereocenters. The fourth-order valence-electron chi connectivity index (χ4n) is 4.57. The van der Waals surface area contributed by atoms with Crippen LogP contribution in [0.1, 0.15) is 23.1 Å². The molecular weight excluding hydrogens is 450 g/mol. The third-order valence-electron chi connectivity index (χ3n) is 6.24. The van der Waals surface area contributed by atoms with E-state index in [0.29, 0.717) is 40.2 Å². The molecule has 184 valence electrons. The van der Waals surface area contributed by atoms with Crippen molar-refractivity contribution < 1.29 is 33.2 Å². The molecule has 2 atom stereocenters. The first-order valence-electron chi connectivity index (χ1n) is 11.0. The second-order valence-electron chi connectivity index (χ2n) is 7.87. The Balaban J connectivity index is 1.92. The lowest BCUT2D eigenvalue weighted by Crippen LogP contribution is -2.53. The van der Waals surface area contributed by atoms with Crippen molar-refractivity contribution in [2.24, 2.45) is 0 Å². The number of β-lactam (4-membered cyclic amide) rings is 1. The Morgan fingerprint density at radius 1 is 0.629 bits per heavy atom. The summed E-state index contributed by atoms with van der Waals surface area (Å²) in [5.74, 6) is 2.53. The van der Waals surface area contributed by atoms with Crippen LogP contribution in [-0.4, -0.2) is 48.6 Å². The molecule has 0 radical (unpaired) electrons. The lowest BCUT2D eigenvalue weighted by molar-refractivity contribution is -0.126. The molecule has 1 aliphatic rings. The number of amides is 1. The van der Waals surface area contributed by atoms with Gasteiger partial charge in [0.25, 0.3) is 0 Å². The summed E-state index contributed by atoms with van der Waals surface area (Å²) in [5, 5.41) is 0. The van der Waals surface area contributed by atoms with Gasteiger partial charge in [-0.3, -0.25) is 4.79 Å². The van der Waals surface area contributed by atoms with Gasteiger partial charge in [0.15, 0.2) is 23.0 Å². The average Bonchev–Trinajstić information content (AvgIpc) is 2.90. The molecule has 0 bridgehead atoms. The molecular formula is C27H29NO7. The monoisotopic (exact) mass is 479 g/mol. The molecule has 8 heteroatoms. The van der Waals surface area contributed by atoms with Crippen LogP contribution in [0.3, 0.4) is 0 Å². The van der Waals surface area contributed by atoms with Gasteiger partial charge in [0.2, 0.25) is 11.7 Å². The van der Waals surface area contributed by atoms with Crippen molar-refractivity contribution in [3.8, 4) is 34.5 Å². The minimum absolute atomic E-state index is 0.0627. The lowest BCUT2D eigenvalue weighted by atomic mass is 9.77. The summed E-state index contributed by atoms with van der Waals surface area (Å²) in [6, 6.07) is 16.5. The van der Waals surface area contributed by atoms with E-state index in [0.717, 1.165) is 11.1 Å². The van der Waals surface area contributed by atoms with Gasteiger partial charge in [-0.2, -0.15) is 0 Å². The Bertz CT molecular complexity index is 1190. The smallest absolute Gasteiger partial charge is 0.237 e. The highest BCUT2D eigenvalue weighted by molar-refractivity contribution is 6.07. The van der Waals surface area contributed by atoms with E-state index >= 15 is 0 Å². The van der Waals surface area contributed by atoms with Crippen LogP contribution in [0.2, 0.25) is 0 Å². The third kappa shape index (κ3) is 4.05. The van der Waals surface area contributed by atoms with Crippen LogP contribution in [0.25, 0.3) is 0 Å². The number of rotatable bonds is 9. The molecule has 1 saturated heterocycles. The van der Waals surface area contributed by atoms with Gasteiger partial charge in [-0.05, 0) is 11.6 Å². The average molecular weight is 480 g/mol. The Morgan fingerprint density at radius 2 is 1.17 bits per heavy atom. The predicted molar refractivity (Wildman–Crippen MR) is 132 cm³/mol. The Labute approximate surface area is 204 Å². The van der Waals surface area contributed by atoms with E-state index in [4.69, 9.17) is 28.4 Å². The molecule has 3 aromatic carbocycles. The van der Waals surface area contributed by atoms with E-state index in [1.807, 2.05) is 36.4 Å². The lowest BCUT2D eigenvalue weighted by Gasteiger charge is -2.48. The number of methoxy groups -OCH3 is 6. The van der Waals surface area contributed by atoms with Crippen molar-refractivity contribution in [1.82, 2.24) is 0 Å². The van der Waals surface area contributed by atoms with Gasteiger partial charge in [0.1, 0.15) is 5.75 Å². The van der Waals surface area contributed by atoms with E-state index in [1.165, 1.54) is 7.11 Å². The number of carbonyl (C=O) groups is 1. The summed E-state index contributed by atoms with van der Waals surface area (Å²) in [6.07, 6.45) is 0. The molecule has 0 aliphatic carbocycles. The van der Waals surface area contributed by atoms with Gasteiger partial charge in [-0.1, -0.05) is 30.3 Å². The molecule has 1 amide bonds. The SMILES string of the molecule is COc1cc(OC)c([C@@H]2[C@@H](c3ccccc3)C(=O)N2c2cc(OC)c(OC)c(OC)c2)cc1OC. The van der Waals surface area contributed by atoms with Gasteiger partial charge in [0, 0.05) is 23.8 Å². The molecule has 8 nitrogen and oxygen atoms in total. The highest BCUT2D eigenvalue weighted by Gasteiger charge is 2.51. The summed E-state index contributed by atoms with van der Waals surface area (Å²) in [7, 11) is 9.36. The molecule has 35 heavy (non-hydrogen) atoms. The maximum atomic E-state index is 13.7. The standard InChI is InChI=1S/C27H29NO7/c1-30-19-15-21(32-3)20(31-2)14-18(19)25-24(16-10-8-7-9-11-16)27(29)28(25)17-12-22(33-4)26(35-6)23(13-17)34-5/h7-15,24-25H,1-6H3/t24-,25-/m1/s1. The summed E-state index contributed by atoms with van der Waals surface area (Å²) < 4.78 is 33.3. The quantitative estimate of drug-likeness (QED) is 0.415. The van der Waals surface area contributed by atoms with Crippen LogP contribution in [0.15, 0.2) is 54.6 Å². The molecule has 0 saturated carbocycles. The van der Waals surface area contributed by atoms with Crippen molar-refractivity contribution in [1.29, 1.82) is 0 Å². The Hall–Kier alpha value is -4.07. The summed E-state index contributed by atoms with van der Waals surface area (Å²) >= 11 is 0. The zero-order valence-electron chi connectivity index (χ0n) is 20.7. The maximum absolute atomic E-state index is 13.7. The largest absolute Gasteiger partial charge is 0.496 e. The van der Waals surface area contributed by atoms with Crippen LogP contribution in [0, 0.1) is 0 Å². The van der Waals surface area contributed by atoms with E-state index < -0.39 is 5.92 Å². The minimum atomic E-state index is -0.428. The second-order valence-corrected chi connectivity index (χ2v) is 7.87. The highest BCUT2D eigenvalue weighted by atomic mass is 16.5. The number of benzene rings is 3. The fraction of sp³-hybridized carbons (Fsp3) is 0.296. The first kappa shape index (κ1) is 24.1. The Morgan fingerprint density at radius 3 is 1.69 bits per heavy atom. The number of ether oxygens (including phenoxy) is 6. The molecule has 4 rings (SSSR count). The first-order chi connectivity index (χ1) is 17.0. The number of nitrogens with zero attached hydrogens (tertiary/aromatic N) is 1. The highest BCUT2D eigenvalue weighted by Crippen LogP contribution is 2.54. The molecule has 1 aliphatic heterocycles. The molecule has 0 N–H and O–H groups in total. The normalized spacial score (nSPS) is 16.9. The Kier molecular flexibility index (Phi) is 6.91. The van der Waals surface area contributed by atoms with E-state index in [-0.39, 0.29) is 11.9 Å². The molecule has 3 aromatic rings. The molecule has 0 spiro atoms. The molecule has 1 heterocycles. The maximum Gasteiger partial charge on any atom is 0.237 e. The molecule has 0 aromatic heterocycles. The van der Waals surface area contributed by atoms with Crippen LogP contribution in [0.5, 0.6) is 34.5 Å². The second kappa shape index (κ2) is 10.0. The van der Waals surface area contributed by atoms with Crippen molar-refractivity contribution in [2.75, 3.05) is 47.6 Å². The van der Waals surface area contributed by atoms with Gasteiger partial charge in [-0.15, -0.1) is 0 Å². The van der Waals surface area contributed by atoms with E-state index in [1.54, 1.807) is 58.6 Å². The topological polar surface area (TPSA) is 75.7 Å². The van der Waals surface area contributed by atoms with Gasteiger partial charge in [-0.25, -0.2) is 0 Å². The van der Waals surface area contributed by atoms with E-state index in [2.05, 4.69) is 0 Å². The van der Waals surface area contributed by atoms with Crippen molar-refractivity contribution >= 4 is 11.6 Å². The van der Waals surface area contributed by atoms with Gasteiger partial charge >= 0.3 is 0 Å². The van der Waals surface area contributed by atoms with Crippen LogP contribution < -0.4 is 33.3 Å². The summed E-state index contributed by atoms with van der Waals surface area (Å²) in [4.78, 5) is 15.4.